The molecule has 0 bridgehead atoms. The molecule has 0 aliphatic rings. The molecule has 0 radical (unpaired) electrons. The van der Waals surface area contributed by atoms with Crippen LogP contribution in [-0.4, -0.2) is 14.3 Å². The minimum absolute atomic E-state index is 0.368. The molecule has 5 aromatic rings. The average molecular weight is 607 g/mol. The Labute approximate surface area is 247 Å². The van der Waals surface area contributed by atoms with Gasteiger partial charge in [0.05, 0.1) is 5.69 Å². The third-order valence-corrected chi connectivity index (χ3v) is 11.8. The molecule has 1 nitrogen and oxygen atoms in total. The fourth-order valence-corrected chi connectivity index (χ4v) is 10.4. The van der Waals surface area contributed by atoms with E-state index in [1.807, 2.05) is 36.5 Å². The van der Waals surface area contributed by atoms with Crippen LogP contribution in [0.1, 0.15) is 11.1 Å². The van der Waals surface area contributed by atoms with Gasteiger partial charge in [-0.15, -0.1) is 0 Å². The number of nitrogens with zero attached hydrogens (tertiary/aromatic N) is 1. The minimum atomic E-state index is -2.68. The predicted molar refractivity (Wildman–Crippen MR) is 166 cm³/mol. The van der Waals surface area contributed by atoms with E-state index < -0.39 is 8.07 Å². The van der Waals surface area contributed by atoms with Gasteiger partial charge in [-0.1, -0.05) is 132 Å². The van der Waals surface area contributed by atoms with Gasteiger partial charge in [-0.3, -0.25) is 4.99 Å². The molecule has 0 unspecified atom stereocenters. The number of benzene rings is 5. The second kappa shape index (κ2) is 14.0. The number of para-hydroxylation sites is 1. The van der Waals surface area contributed by atoms with Gasteiger partial charge in [0, 0.05) is 6.21 Å². The molecule has 0 atom stereocenters. The zero-order valence-electron chi connectivity index (χ0n) is 20.8. The average Bonchev–Trinajstić information content (AvgIpc) is 2.97. The number of aliphatic imine (C=N–C) groups is 1. The number of hydrogen-bond acceptors (Lipinski definition) is 2. The Kier molecular flexibility index (Phi) is 10.4. The molecule has 38 heavy (non-hydrogen) atoms. The molecule has 5 aromatic carbocycles. The summed E-state index contributed by atoms with van der Waals surface area (Å²) in [4.78, 5) is 5.62. The van der Waals surface area contributed by atoms with Crippen LogP contribution < -0.4 is 20.7 Å². The fraction of sp³-hybridized carbons (Fsp3) is 0.0312. The summed E-state index contributed by atoms with van der Waals surface area (Å²) in [5.41, 5.74) is 3.09. The number of aryl methyl sites for hydroxylation is 1. The second-order valence-corrected chi connectivity index (χ2v) is 15.2. The summed E-state index contributed by atoms with van der Waals surface area (Å²) < 4.78 is 0. The van der Waals surface area contributed by atoms with Gasteiger partial charge in [-0.2, -0.15) is 4.90 Å². The van der Waals surface area contributed by atoms with E-state index in [2.05, 4.69) is 110 Å². The Balaban J connectivity index is 0.00000107. The quantitative estimate of drug-likeness (QED) is 0.0943. The molecule has 0 saturated heterocycles. The van der Waals surface area contributed by atoms with Gasteiger partial charge in [0.15, 0.2) is 8.07 Å². The van der Waals surface area contributed by atoms with Crippen molar-refractivity contribution in [2.75, 3.05) is 0 Å². The molecule has 0 amide bonds. The molecule has 0 spiro atoms. The Bertz CT molecular complexity index is 1370. The zero-order valence-corrected chi connectivity index (χ0v) is 25.6. The van der Waals surface area contributed by atoms with Crippen LogP contribution in [0.5, 0.6) is 0 Å². The van der Waals surface area contributed by atoms with Crippen LogP contribution in [0, 0.1) is 6.92 Å². The first-order valence-electron chi connectivity index (χ1n) is 12.1. The van der Waals surface area contributed by atoms with Crippen molar-refractivity contribution in [1.29, 1.82) is 0 Å². The van der Waals surface area contributed by atoms with E-state index >= 15 is 0 Å². The third kappa shape index (κ3) is 6.32. The standard InChI is InChI=1S/C32H27NSSi.2ClH.V/c1-25-22-26(24-33-27-14-6-2-7-15-27)32(34)31(23-25)35(28-16-8-3-9-17-28,29-18-10-4-11-19-29)30-20-12-5-13-21-30;;;/h2-24,34H,1H3;2*1H;/q;;;+2/p-3. The van der Waals surface area contributed by atoms with Gasteiger partial charge in [0.1, 0.15) is 0 Å². The van der Waals surface area contributed by atoms with Crippen molar-refractivity contribution in [2.24, 2.45) is 4.99 Å². The van der Waals surface area contributed by atoms with Crippen molar-refractivity contribution in [3.63, 3.8) is 0 Å². The number of rotatable bonds is 6. The maximum atomic E-state index is 6.26. The van der Waals surface area contributed by atoms with E-state index in [0.717, 1.165) is 16.1 Å². The first-order chi connectivity index (χ1) is 18.6. The van der Waals surface area contributed by atoms with Crippen molar-refractivity contribution in [3.05, 3.63) is 145 Å². The van der Waals surface area contributed by atoms with Crippen molar-refractivity contribution in [3.8, 4) is 0 Å². The molecule has 0 fully saturated rings. The Morgan fingerprint density at radius 2 is 1.05 bits per heavy atom. The number of halogens is 2. The van der Waals surface area contributed by atoms with Crippen molar-refractivity contribution < 1.29 is 14.4 Å². The van der Waals surface area contributed by atoms with E-state index in [1.165, 1.54) is 26.3 Å². The molecule has 189 valence electrons. The van der Waals surface area contributed by atoms with Gasteiger partial charge >= 0.3 is 34.1 Å². The van der Waals surface area contributed by atoms with Crippen LogP contribution in [0.4, 0.5) is 5.69 Å². The van der Waals surface area contributed by atoms with E-state index in [1.54, 1.807) is 0 Å². The first kappa shape index (κ1) is 28.4. The molecule has 6 heteroatoms. The molecule has 0 aromatic heterocycles. The summed E-state index contributed by atoms with van der Waals surface area (Å²) in [6.07, 6.45) is 1.92. The van der Waals surface area contributed by atoms with Crippen molar-refractivity contribution in [2.45, 2.75) is 11.8 Å². The molecule has 0 N–H and O–H groups in total. The topological polar surface area (TPSA) is 12.4 Å². The molecule has 5 rings (SSSR count). The van der Waals surface area contributed by atoms with E-state index in [4.69, 9.17) is 37.3 Å². The molecule has 0 heterocycles. The monoisotopic (exact) mass is 605 g/mol. The van der Waals surface area contributed by atoms with Gasteiger partial charge in [0.2, 0.25) is 0 Å². The SMILES string of the molecule is Cc1cc(C=Nc2ccccc2)c([S-])c([Si](c2ccccc2)(c2ccccc2)c2ccccc2)c1.[Cl][V][Cl]. The summed E-state index contributed by atoms with van der Waals surface area (Å²) in [7, 11) is 7.03. The van der Waals surface area contributed by atoms with Gasteiger partial charge in [0.25, 0.3) is 0 Å². The maximum absolute atomic E-state index is 6.26. The second-order valence-electron chi connectivity index (χ2n) is 8.74. The van der Waals surface area contributed by atoms with Crippen LogP contribution in [0.25, 0.3) is 0 Å². The third-order valence-electron chi connectivity index (χ3n) is 6.40. The van der Waals surface area contributed by atoms with Gasteiger partial charge in [-0.05, 0) is 40.2 Å². The molecule has 0 saturated carbocycles. The summed E-state index contributed by atoms with van der Waals surface area (Å²) in [5, 5.41) is 5.19. The summed E-state index contributed by atoms with van der Waals surface area (Å²) in [5.74, 6) is 0. The summed E-state index contributed by atoms with van der Waals surface area (Å²) in [6.45, 7) is 2.15. The van der Waals surface area contributed by atoms with E-state index in [0.29, 0.717) is 0 Å². The molecular weight excluding hydrogens is 580 g/mol. The van der Waals surface area contributed by atoms with Gasteiger partial charge in [-0.25, -0.2) is 0 Å². The van der Waals surface area contributed by atoms with Crippen LogP contribution in [0.2, 0.25) is 0 Å². The first-order valence-corrected chi connectivity index (χ1v) is 18.4. The van der Waals surface area contributed by atoms with Crippen LogP contribution in [0.15, 0.2) is 143 Å². The normalized spacial score (nSPS) is 11.0. The van der Waals surface area contributed by atoms with Crippen LogP contribution in [0.3, 0.4) is 0 Å². The Morgan fingerprint density at radius 3 is 1.47 bits per heavy atom. The van der Waals surface area contributed by atoms with E-state index in [-0.39, 0.29) is 14.4 Å². The van der Waals surface area contributed by atoms with Crippen LogP contribution >= 0.6 is 19.7 Å². The molecular formula is C32H26Cl2NSSiV-. The fourth-order valence-electron chi connectivity index (χ4n) is 4.86. The number of hydrogen-bond donors (Lipinski definition) is 0. The summed E-state index contributed by atoms with van der Waals surface area (Å²) >= 11 is 5.89. The van der Waals surface area contributed by atoms with Crippen molar-refractivity contribution >= 4 is 73.0 Å². The van der Waals surface area contributed by atoms with E-state index in [9.17, 15) is 0 Å². The Morgan fingerprint density at radius 1 is 0.658 bits per heavy atom. The summed E-state index contributed by atoms with van der Waals surface area (Å²) in [6, 6.07) is 47.2. The van der Waals surface area contributed by atoms with Crippen molar-refractivity contribution in [1.82, 2.24) is 0 Å². The Hall–Kier alpha value is -2.63. The molecule has 0 aliphatic carbocycles. The van der Waals surface area contributed by atoms with Gasteiger partial charge < -0.3 is 12.6 Å². The van der Waals surface area contributed by atoms with Crippen LogP contribution in [-0.2, 0) is 27.0 Å². The zero-order chi connectivity index (χ0) is 26.8. The molecule has 0 aliphatic heterocycles. The predicted octanol–water partition coefficient (Wildman–Crippen LogP) is 6.41.